The van der Waals surface area contributed by atoms with E-state index in [0.29, 0.717) is 62.9 Å². The molecule has 0 aliphatic heterocycles. The van der Waals surface area contributed by atoms with E-state index < -0.39 is 34.9 Å². The van der Waals surface area contributed by atoms with Crippen molar-refractivity contribution in [2.75, 3.05) is 13.2 Å². The SMILES string of the molecule is CCCCOc1ccc(C2=CCC(OCc3ccc(C4CC=C(c5ccc(OCCCC)c(F)c5F)CC4)c(F)c3F)CC2)c(F)c1F. The van der Waals surface area contributed by atoms with Crippen molar-refractivity contribution in [3.05, 3.63) is 106 Å². The van der Waals surface area contributed by atoms with Crippen LogP contribution in [-0.2, 0) is 11.3 Å². The first-order valence-corrected chi connectivity index (χ1v) is 16.9. The fourth-order valence-electron chi connectivity index (χ4n) is 6.24. The molecule has 5 rings (SSSR count). The summed E-state index contributed by atoms with van der Waals surface area (Å²) in [5.74, 6) is -6.38. The summed E-state index contributed by atoms with van der Waals surface area (Å²) >= 11 is 0. The van der Waals surface area contributed by atoms with Gasteiger partial charge in [-0.05, 0) is 98.3 Å². The van der Waals surface area contributed by atoms with E-state index in [9.17, 15) is 17.6 Å². The molecule has 0 spiro atoms. The second-order valence-corrected chi connectivity index (χ2v) is 12.5. The summed E-state index contributed by atoms with van der Waals surface area (Å²) < 4.78 is 106. The third-order valence-corrected chi connectivity index (χ3v) is 9.18. The van der Waals surface area contributed by atoms with Crippen molar-refractivity contribution in [3.63, 3.8) is 0 Å². The largest absolute Gasteiger partial charge is 0.490 e. The van der Waals surface area contributed by atoms with Crippen molar-refractivity contribution in [3.8, 4) is 11.5 Å². The van der Waals surface area contributed by atoms with Crippen LogP contribution in [0, 0.1) is 34.9 Å². The Kier molecular flexibility index (Phi) is 12.3. The standard InChI is InChI=1S/C39H42F6O3/c1-3-5-21-46-32-19-17-30(36(42)38(32)44)25-9-7-24(8-10-25)29-16-13-27(34(40)35(29)41)23-48-28-14-11-26(12-15-28)31-18-20-33(39(45)37(31)43)47-22-6-4-2/h9,11,13,16-20,24,28H,3-8,10,12,14-15,21-23H2,1-2H3. The maximum atomic E-state index is 15.3. The first kappa shape index (κ1) is 35.6. The van der Waals surface area contributed by atoms with Gasteiger partial charge in [-0.25, -0.2) is 17.6 Å². The molecule has 0 aromatic heterocycles. The first-order valence-electron chi connectivity index (χ1n) is 16.9. The highest BCUT2D eigenvalue weighted by Gasteiger charge is 2.26. The third-order valence-electron chi connectivity index (χ3n) is 9.18. The molecule has 9 heteroatoms. The lowest BCUT2D eigenvalue weighted by Gasteiger charge is -2.25. The van der Waals surface area contributed by atoms with Gasteiger partial charge in [0.05, 0.1) is 25.9 Å². The van der Waals surface area contributed by atoms with Crippen LogP contribution < -0.4 is 9.47 Å². The van der Waals surface area contributed by atoms with E-state index in [1.807, 2.05) is 13.8 Å². The average Bonchev–Trinajstić information content (AvgIpc) is 3.10. The van der Waals surface area contributed by atoms with Crippen molar-refractivity contribution >= 4 is 11.1 Å². The van der Waals surface area contributed by atoms with E-state index in [1.54, 1.807) is 18.2 Å². The molecule has 0 amide bonds. The number of unbranched alkanes of at least 4 members (excludes halogenated alkanes) is 2. The zero-order valence-electron chi connectivity index (χ0n) is 27.5. The van der Waals surface area contributed by atoms with Gasteiger partial charge in [-0.2, -0.15) is 8.78 Å². The fourth-order valence-corrected chi connectivity index (χ4v) is 6.24. The van der Waals surface area contributed by atoms with Crippen LogP contribution in [0.25, 0.3) is 11.1 Å². The summed E-state index contributed by atoms with van der Waals surface area (Å²) in [5.41, 5.74) is 1.95. The van der Waals surface area contributed by atoms with E-state index in [1.165, 1.54) is 30.3 Å². The van der Waals surface area contributed by atoms with Crippen molar-refractivity contribution < 1.29 is 40.6 Å². The van der Waals surface area contributed by atoms with E-state index in [-0.39, 0.29) is 52.4 Å². The van der Waals surface area contributed by atoms with Gasteiger partial charge in [0.1, 0.15) is 0 Å². The molecule has 258 valence electrons. The van der Waals surface area contributed by atoms with Crippen molar-refractivity contribution in [2.45, 2.75) is 96.7 Å². The summed E-state index contributed by atoms with van der Waals surface area (Å²) in [5, 5.41) is 0. The Balaban J connectivity index is 1.17. The Morgan fingerprint density at radius 1 is 0.604 bits per heavy atom. The van der Waals surface area contributed by atoms with Gasteiger partial charge in [-0.3, -0.25) is 0 Å². The highest BCUT2D eigenvalue weighted by Crippen LogP contribution is 2.40. The van der Waals surface area contributed by atoms with Crippen LogP contribution in [0.2, 0.25) is 0 Å². The minimum atomic E-state index is -1.02. The molecule has 0 bridgehead atoms. The van der Waals surface area contributed by atoms with Gasteiger partial charge in [0.15, 0.2) is 34.8 Å². The predicted octanol–water partition coefficient (Wildman–Crippen LogP) is 11.4. The van der Waals surface area contributed by atoms with Crippen molar-refractivity contribution in [2.24, 2.45) is 0 Å². The van der Waals surface area contributed by atoms with Crippen molar-refractivity contribution in [1.82, 2.24) is 0 Å². The summed E-state index contributed by atoms with van der Waals surface area (Å²) in [6.45, 7) is 4.44. The Morgan fingerprint density at radius 3 is 1.67 bits per heavy atom. The molecular formula is C39H42F6O3. The predicted molar refractivity (Wildman–Crippen MR) is 175 cm³/mol. The summed E-state index contributed by atoms with van der Waals surface area (Å²) in [6, 6.07) is 8.99. The number of halogens is 6. The molecular weight excluding hydrogens is 630 g/mol. The van der Waals surface area contributed by atoms with Gasteiger partial charge in [0, 0.05) is 16.7 Å². The number of benzene rings is 3. The smallest absolute Gasteiger partial charge is 0.201 e. The molecule has 0 fully saturated rings. The molecule has 2 aliphatic rings. The van der Waals surface area contributed by atoms with E-state index >= 15 is 8.78 Å². The van der Waals surface area contributed by atoms with Crippen LogP contribution in [0.4, 0.5) is 26.3 Å². The molecule has 0 saturated carbocycles. The normalized spacial score (nSPS) is 18.0. The molecule has 0 radical (unpaired) electrons. The number of allylic oxidation sites excluding steroid dienone is 3. The molecule has 0 N–H and O–H groups in total. The van der Waals surface area contributed by atoms with Crippen molar-refractivity contribution in [1.29, 1.82) is 0 Å². The van der Waals surface area contributed by atoms with E-state index in [0.717, 1.165) is 25.7 Å². The highest BCUT2D eigenvalue weighted by atomic mass is 19.2. The summed E-state index contributed by atoms with van der Waals surface area (Å²) in [7, 11) is 0. The number of ether oxygens (including phenoxy) is 3. The Bertz CT molecular complexity index is 1650. The van der Waals surface area contributed by atoms with Gasteiger partial charge >= 0.3 is 0 Å². The minimum absolute atomic E-state index is 0.0867. The molecule has 48 heavy (non-hydrogen) atoms. The van der Waals surface area contributed by atoms with Gasteiger partial charge < -0.3 is 14.2 Å². The molecule has 3 aromatic rings. The van der Waals surface area contributed by atoms with Gasteiger partial charge in [0.2, 0.25) is 11.6 Å². The molecule has 0 heterocycles. The zero-order chi connectivity index (χ0) is 34.2. The van der Waals surface area contributed by atoms with Crippen LogP contribution in [-0.4, -0.2) is 19.3 Å². The molecule has 2 atom stereocenters. The van der Waals surface area contributed by atoms with Crippen LogP contribution in [0.5, 0.6) is 11.5 Å². The van der Waals surface area contributed by atoms with Gasteiger partial charge in [-0.1, -0.05) is 51.0 Å². The molecule has 3 aromatic carbocycles. The quantitative estimate of drug-likeness (QED) is 0.126. The van der Waals surface area contributed by atoms with Crippen LogP contribution in [0.1, 0.15) is 106 Å². The molecule has 0 saturated heterocycles. The van der Waals surface area contributed by atoms with Crippen LogP contribution >= 0.6 is 0 Å². The number of hydrogen-bond donors (Lipinski definition) is 0. The lowest BCUT2D eigenvalue weighted by Crippen LogP contribution is -2.17. The summed E-state index contributed by atoms with van der Waals surface area (Å²) in [4.78, 5) is 0. The van der Waals surface area contributed by atoms with Gasteiger partial charge in [-0.15, -0.1) is 0 Å². The lowest BCUT2D eigenvalue weighted by atomic mass is 9.82. The fraction of sp³-hybridized carbons (Fsp3) is 0.436. The van der Waals surface area contributed by atoms with Gasteiger partial charge in [0.25, 0.3) is 0 Å². The average molecular weight is 673 g/mol. The Morgan fingerprint density at radius 2 is 1.17 bits per heavy atom. The summed E-state index contributed by atoms with van der Waals surface area (Å²) in [6.07, 6.45) is 9.07. The lowest BCUT2D eigenvalue weighted by molar-refractivity contribution is 0.0342. The monoisotopic (exact) mass is 672 g/mol. The van der Waals surface area contributed by atoms with Crippen LogP contribution in [0.15, 0.2) is 48.6 Å². The maximum Gasteiger partial charge on any atom is 0.201 e. The van der Waals surface area contributed by atoms with E-state index in [2.05, 4.69) is 0 Å². The highest BCUT2D eigenvalue weighted by molar-refractivity contribution is 5.68. The topological polar surface area (TPSA) is 27.7 Å². The third kappa shape index (κ3) is 8.11. The Hall–Kier alpha value is -3.72. The minimum Gasteiger partial charge on any atom is -0.490 e. The van der Waals surface area contributed by atoms with E-state index in [4.69, 9.17) is 14.2 Å². The van der Waals surface area contributed by atoms with Crippen LogP contribution in [0.3, 0.4) is 0 Å². The zero-order valence-corrected chi connectivity index (χ0v) is 27.5. The number of rotatable bonds is 14. The second kappa shape index (κ2) is 16.6. The molecule has 2 aliphatic carbocycles. The first-order chi connectivity index (χ1) is 23.2. The second-order valence-electron chi connectivity index (χ2n) is 12.5. The molecule has 3 nitrogen and oxygen atoms in total. The molecule has 2 unspecified atom stereocenters. The maximum absolute atomic E-state index is 15.3. The Labute approximate surface area is 278 Å². The number of hydrogen-bond acceptors (Lipinski definition) is 3.